The summed E-state index contributed by atoms with van der Waals surface area (Å²) in [6, 6.07) is -0.0547. The van der Waals surface area contributed by atoms with E-state index in [-0.39, 0.29) is 24.2 Å². The number of aliphatic hydroxyl groups is 1. The minimum Gasteiger partial charge on any atom is -0.396 e. The van der Waals surface area contributed by atoms with E-state index in [0.29, 0.717) is 6.42 Å². The maximum Gasteiger partial charge on any atom is 0.329 e. The molecule has 1 aromatic rings. The molecule has 1 atom stereocenters. The van der Waals surface area contributed by atoms with Gasteiger partial charge in [-0.3, -0.25) is 14.3 Å². The highest BCUT2D eigenvalue weighted by molar-refractivity contribution is 5.60. The number of aromatic amines is 1. The Morgan fingerprint density at radius 3 is 2.71 bits per heavy atom. The number of anilines is 2. The summed E-state index contributed by atoms with van der Waals surface area (Å²) in [4.78, 5) is 25.0. The van der Waals surface area contributed by atoms with E-state index in [4.69, 9.17) is 10.8 Å². The van der Waals surface area contributed by atoms with Crippen LogP contribution in [0.1, 0.15) is 19.8 Å². The molecule has 7 nitrogen and oxygen atoms in total. The van der Waals surface area contributed by atoms with Crippen molar-refractivity contribution in [1.29, 1.82) is 0 Å². The lowest BCUT2D eigenvalue weighted by molar-refractivity contribution is 0.278. The van der Waals surface area contributed by atoms with Crippen molar-refractivity contribution in [2.24, 2.45) is 7.05 Å². The molecule has 5 N–H and O–H groups in total. The number of nitrogens with one attached hydrogen (secondary N) is 2. The van der Waals surface area contributed by atoms with Crippen LogP contribution in [0.25, 0.3) is 0 Å². The quantitative estimate of drug-likeness (QED) is 0.541. The zero-order valence-corrected chi connectivity index (χ0v) is 9.99. The molecule has 0 aliphatic rings. The topological polar surface area (TPSA) is 113 Å². The summed E-state index contributed by atoms with van der Waals surface area (Å²) in [6.07, 6.45) is 1.25. The normalized spacial score (nSPS) is 12.4. The number of hydrogen-bond donors (Lipinski definition) is 4. The van der Waals surface area contributed by atoms with Crippen molar-refractivity contribution in [1.82, 2.24) is 9.55 Å². The van der Waals surface area contributed by atoms with Crippen LogP contribution in [0.15, 0.2) is 9.59 Å². The maximum atomic E-state index is 11.6. The minimum atomic E-state index is -0.548. The van der Waals surface area contributed by atoms with Crippen LogP contribution in [0, 0.1) is 0 Å². The summed E-state index contributed by atoms with van der Waals surface area (Å²) in [6.45, 7) is 1.95. The highest BCUT2D eigenvalue weighted by Crippen LogP contribution is 2.12. The molecule has 0 saturated heterocycles. The van der Waals surface area contributed by atoms with Crippen molar-refractivity contribution in [3.05, 3.63) is 20.8 Å². The van der Waals surface area contributed by atoms with Crippen molar-refractivity contribution >= 4 is 11.5 Å². The van der Waals surface area contributed by atoms with Crippen LogP contribution in [0.4, 0.5) is 11.5 Å². The summed E-state index contributed by atoms with van der Waals surface area (Å²) < 4.78 is 1.16. The summed E-state index contributed by atoms with van der Waals surface area (Å²) in [5.41, 5.74) is 4.79. The first-order valence-corrected chi connectivity index (χ1v) is 5.47. The molecule has 0 amide bonds. The van der Waals surface area contributed by atoms with E-state index in [9.17, 15) is 9.59 Å². The zero-order valence-electron chi connectivity index (χ0n) is 9.99. The van der Waals surface area contributed by atoms with Gasteiger partial charge in [0.05, 0.1) is 0 Å². The Balaban J connectivity index is 3.10. The Bertz CT molecular complexity index is 491. The van der Waals surface area contributed by atoms with Gasteiger partial charge < -0.3 is 16.2 Å². The summed E-state index contributed by atoms with van der Waals surface area (Å²) >= 11 is 0. The fourth-order valence-electron chi connectivity index (χ4n) is 1.51. The molecule has 0 bridgehead atoms. The molecular weight excluding hydrogens is 224 g/mol. The lowest BCUT2D eigenvalue weighted by Crippen LogP contribution is -2.34. The number of nitrogen functional groups attached to an aromatic ring is 1. The molecule has 0 fully saturated rings. The summed E-state index contributed by atoms with van der Waals surface area (Å²) in [7, 11) is 1.48. The van der Waals surface area contributed by atoms with Gasteiger partial charge in [-0.2, -0.15) is 0 Å². The average molecular weight is 242 g/mol. The maximum absolute atomic E-state index is 11.6. The Morgan fingerprint density at radius 1 is 1.53 bits per heavy atom. The molecule has 1 unspecified atom stereocenters. The van der Waals surface area contributed by atoms with Gasteiger partial charge >= 0.3 is 5.69 Å². The smallest absolute Gasteiger partial charge is 0.329 e. The second-order valence-electron chi connectivity index (χ2n) is 3.84. The van der Waals surface area contributed by atoms with E-state index >= 15 is 0 Å². The number of aliphatic hydroxyl groups excluding tert-OH is 1. The van der Waals surface area contributed by atoms with Crippen LogP contribution < -0.4 is 22.3 Å². The monoisotopic (exact) mass is 242 g/mol. The number of nitrogens with two attached hydrogens (primary N) is 1. The molecule has 0 aromatic carbocycles. The van der Waals surface area contributed by atoms with Crippen LogP contribution in [-0.2, 0) is 7.05 Å². The van der Waals surface area contributed by atoms with Gasteiger partial charge in [0.25, 0.3) is 5.56 Å². The molecule has 0 radical (unpaired) electrons. The van der Waals surface area contributed by atoms with E-state index in [1.165, 1.54) is 7.05 Å². The first kappa shape index (κ1) is 13.3. The van der Waals surface area contributed by atoms with Crippen molar-refractivity contribution in [2.75, 3.05) is 17.7 Å². The van der Waals surface area contributed by atoms with Gasteiger partial charge in [-0.25, -0.2) is 4.79 Å². The third-order valence-corrected chi connectivity index (χ3v) is 2.69. The molecule has 1 aromatic heterocycles. The second-order valence-corrected chi connectivity index (χ2v) is 3.84. The third kappa shape index (κ3) is 2.88. The SMILES string of the molecule is CCC(CCO)Nc1c(N)n(C)c(=O)[nH]c1=O. The molecule has 0 aliphatic heterocycles. The number of hydrogen-bond acceptors (Lipinski definition) is 5. The van der Waals surface area contributed by atoms with Crippen molar-refractivity contribution < 1.29 is 5.11 Å². The largest absolute Gasteiger partial charge is 0.396 e. The van der Waals surface area contributed by atoms with E-state index < -0.39 is 11.2 Å². The van der Waals surface area contributed by atoms with E-state index in [1.54, 1.807) is 0 Å². The second kappa shape index (κ2) is 5.53. The van der Waals surface area contributed by atoms with Gasteiger partial charge in [-0.05, 0) is 12.8 Å². The van der Waals surface area contributed by atoms with Gasteiger partial charge in [-0.15, -0.1) is 0 Å². The number of nitrogens with zero attached hydrogens (tertiary/aromatic N) is 1. The zero-order chi connectivity index (χ0) is 13.0. The standard InChI is InChI=1S/C10H18N4O3/c1-3-6(4-5-15)12-7-8(11)14(2)10(17)13-9(7)16/h6,12,15H,3-5,11H2,1-2H3,(H,13,16,17). The molecule has 1 rings (SSSR count). The van der Waals surface area contributed by atoms with Gasteiger partial charge in [0.15, 0.2) is 0 Å². The molecule has 96 valence electrons. The first-order valence-electron chi connectivity index (χ1n) is 5.47. The van der Waals surface area contributed by atoms with Crippen molar-refractivity contribution in [3.63, 3.8) is 0 Å². The molecule has 0 aliphatic carbocycles. The Hall–Kier alpha value is -1.76. The van der Waals surface area contributed by atoms with Gasteiger partial charge in [0.2, 0.25) is 0 Å². The van der Waals surface area contributed by atoms with E-state index in [1.807, 2.05) is 6.92 Å². The fraction of sp³-hybridized carbons (Fsp3) is 0.600. The van der Waals surface area contributed by atoms with E-state index in [0.717, 1.165) is 11.0 Å². The lowest BCUT2D eigenvalue weighted by Gasteiger charge is -2.18. The van der Waals surface area contributed by atoms with Crippen molar-refractivity contribution in [3.8, 4) is 0 Å². The minimum absolute atomic E-state index is 0.0229. The van der Waals surface area contributed by atoms with Crippen LogP contribution in [-0.4, -0.2) is 27.3 Å². The highest BCUT2D eigenvalue weighted by atomic mass is 16.3. The lowest BCUT2D eigenvalue weighted by atomic mass is 10.1. The Morgan fingerprint density at radius 2 is 2.18 bits per heavy atom. The molecule has 7 heteroatoms. The predicted octanol–water partition coefficient (Wildman–Crippen LogP) is -0.771. The van der Waals surface area contributed by atoms with Gasteiger partial charge in [0, 0.05) is 19.7 Å². The van der Waals surface area contributed by atoms with Crippen LogP contribution in [0.5, 0.6) is 0 Å². The van der Waals surface area contributed by atoms with Crippen LogP contribution >= 0.6 is 0 Å². The van der Waals surface area contributed by atoms with Crippen molar-refractivity contribution in [2.45, 2.75) is 25.8 Å². The number of rotatable bonds is 5. The fourth-order valence-corrected chi connectivity index (χ4v) is 1.51. The molecule has 1 heterocycles. The van der Waals surface area contributed by atoms with Gasteiger partial charge in [-0.1, -0.05) is 6.92 Å². The van der Waals surface area contributed by atoms with E-state index in [2.05, 4.69) is 10.3 Å². The Kier molecular flexibility index (Phi) is 4.33. The molecular formula is C10H18N4O3. The molecule has 17 heavy (non-hydrogen) atoms. The number of aromatic nitrogens is 2. The Labute approximate surface area is 98.3 Å². The van der Waals surface area contributed by atoms with Crippen LogP contribution in [0.2, 0.25) is 0 Å². The summed E-state index contributed by atoms with van der Waals surface area (Å²) in [5.74, 6) is 0.0927. The molecule has 0 spiro atoms. The predicted molar refractivity (Wildman–Crippen MR) is 66.1 cm³/mol. The third-order valence-electron chi connectivity index (χ3n) is 2.69. The summed E-state index contributed by atoms with van der Waals surface area (Å²) in [5, 5.41) is 11.8. The number of H-pyrrole nitrogens is 1. The van der Waals surface area contributed by atoms with Crippen LogP contribution in [0.3, 0.4) is 0 Å². The molecule has 0 saturated carbocycles. The first-order chi connectivity index (χ1) is 8.01. The van der Waals surface area contributed by atoms with Gasteiger partial charge in [0.1, 0.15) is 11.5 Å². The highest BCUT2D eigenvalue weighted by Gasteiger charge is 2.13. The average Bonchev–Trinajstić information content (AvgIpc) is 2.30.